The first-order valence-corrected chi connectivity index (χ1v) is 5.67. The Labute approximate surface area is 104 Å². The Bertz CT molecular complexity index is 628. The summed E-state index contributed by atoms with van der Waals surface area (Å²) in [5.74, 6) is 0.501. The van der Waals surface area contributed by atoms with Crippen LogP contribution in [0.2, 0.25) is 0 Å². The Kier molecular flexibility index (Phi) is 2.64. The van der Waals surface area contributed by atoms with Crippen LogP contribution in [-0.4, -0.2) is 19.7 Å². The molecular weight excluding hydrogens is 228 g/mol. The van der Waals surface area contributed by atoms with Crippen molar-refractivity contribution >= 4 is 0 Å². The Hall–Kier alpha value is -2.43. The summed E-state index contributed by atoms with van der Waals surface area (Å²) >= 11 is 0. The third kappa shape index (κ3) is 1.90. The van der Waals surface area contributed by atoms with E-state index in [4.69, 9.17) is 4.42 Å². The van der Waals surface area contributed by atoms with Crippen molar-refractivity contribution in [2.45, 2.75) is 13.5 Å². The van der Waals surface area contributed by atoms with Crippen molar-refractivity contribution in [2.24, 2.45) is 0 Å². The van der Waals surface area contributed by atoms with Crippen molar-refractivity contribution in [3.8, 4) is 11.6 Å². The van der Waals surface area contributed by atoms with Crippen LogP contribution in [-0.2, 0) is 6.54 Å². The van der Waals surface area contributed by atoms with Gasteiger partial charge >= 0.3 is 0 Å². The number of hydrogen-bond acceptors (Lipinski definition) is 4. The van der Waals surface area contributed by atoms with E-state index in [2.05, 4.69) is 27.3 Å². The van der Waals surface area contributed by atoms with Gasteiger partial charge in [0, 0.05) is 6.54 Å². The normalized spacial score (nSPS) is 10.7. The lowest BCUT2D eigenvalue weighted by molar-refractivity contribution is 0.561. The number of benzene rings is 1. The van der Waals surface area contributed by atoms with Crippen LogP contribution in [0.1, 0.15) is 11.3 Å². The summed E-state index contributed by atoms with van der Waals surface area (Å²) in [6.45, 7) is 2.67. The van der Waals surface area contributed by atoms with E-state index in [9.17, 15) is 0 Å². The number of rotatable bonds is 3. The Morgan fingerprint density at radius 3 is 2.78 bits per heavy atom. The molecule has 0 spiro atoms. The highest BCUT2D eigenvalue weighted by molar-refractivity contribution is 5.50. The molecule has 0 aliphatic heterocycles. The number of hydrogen-bond donors (Lipinski definition) is 0. The first kappa shape index (κ1) is 10.7. The SMILES string of the molecule is Cc1ncn(Cc2ccccc2)c1-c1nnco1. The van der Waals surface area contributed by atoms with Crippen molar-refractivity contribution in [2.75, 3.05) is 0 Å². The molecule has 0 N–H and O–H groups in total. The molecule has 0 unspecified atom stereocenters. The molecule has 0 amide bonds. The molecule has 18 heavy (non-hydrogen) atoms. The van der Waals surface area contributed by atoms with Gasteiger partial charge in [-0.1, -0.05) is 30.3 Å². The lowest BCUT2D eigenvalue weighted by Crippen LogP contribution is -2.01. The number of imidazole rings is 1. The number of aryl methyl sites for hydroxylation is 1. The molecule has 5 nitrogen and oxygen atoms in total. The fraction of sp³-hybridized carbons (Fsp3) is 0.154. The van der Waals surface area contributed by atoms with Crippen LogP contribution < -0.4 is 0 Å². The largest absolute Gasteiger partial charge is 0.422 e. The van der Waals surface area contributed by atoms with Crippen LogP contribution in [0.5, 0.6) is 0 Å². The zero-order chi connectivity index (χ0) is 12.4. The molecule has 3 rings (SSSR count). The quantitative estimate of drug-likeness (QED) is 0.704. The third-order valence-corrected chi connectivity index (χ3v) is 2.78. The Morgan fingerprint density at radius 1 is 1.22 bits per heavy atom. The zero-order valence-corrected chi connectivity index (χ0v) is 9.95. The summed E-state index contributed by atoms with van der Waals surface area (Å²) in [5.41, 5.74) is 2.96. The topological polar surface area (TPSA) is 56.7 Å². The average Bonchev–Trinajstić information content (AvgIpc) is 3.01. The monoisotopic (exact) mass is 240 g/mol. The molecule has 0 aliphatic carbocycles. The third-order valence-electron chi connectivity index (χ3n) is 2.78. The van der Waals surface area contributed by atoms with Crippen LogP contribution in [0.25, 0.3) is 11.6 Å². The second-order valence-electron chi connectivity index (χ2n) is 4.04. The maximum atomic E-state index is 5.25. The fourth-order valence-corrected chi connectivity index (χ4v) is 1.94. The van der Waals surface area contributed by atoms with Gasteiger partial charge in [0.2, 0.25) is 6.39 Å². The van der Waals surface area contributed by atoms with Gasteiger partial charge < -0.3 is 8.98 Å². The molecule has 5 heteroatoms. The van der Waals surface area contributed by atoms with Gasteiger partial charge in [0.15, 0.2) is 0 Å². The molecule has 0 aliphatic rings. The minimum Gasteiger partial charge on any atom is -0.422 e. The van der Waals surface area contributed by atoms with Crippen molar-refractivity contribution in [1.29, 1.82) is 0 Å². The molecule has 0 atom stereocenters. The highest BCUT2D eigenvalue weighted by atomic mass is 16.4. The zero-order valence-electron chi connectivity index (χ0n) is 9.95. The first-order chi connectivity index (χ1) is 8.84. The predicted octanol–water partition coefficient (Wildman–Crippen LogP) is 2.29. The summed E-state index contributed by atoms with van der Waals surface area (Å²) < 4.78 is 7.27. The van der Waals surface area contributed by atoms with Crippen molar-refractivity contribution in [3.63, 3.8) is 0 Å². The molecule has 0 saturated heterocycles. The number of nitrogens with zero attached hydrogens (tertiary/aromatic N) is 4. The lowest BCUT2D eigenvalue weighted by atomic mass is 10.2. The summed E-state index contributed by atoms with van der Waals surface area (Å²) in [6, 6.07) is 10.2. The summed E-state index contributed by atoms with van der Waals surface area (Å²) in [5, 5.41) is 7.65. The van der Waals surface area contributed by atoms with Crippen LogP contribution in [0.3, 0.4) is 0 Å². The molecule has 90 valence electrons. The molecule has 0 saturated carbocycles. The highest BCUT2D eigenvalue weighted by Crippen LogP contribution is 2.21. The minimum atomic E-state index is 0.501. The van der Waals surface area contributed by atoms with Crippen LogP contribution in [0.15, 0.2) is 47.5 Å². The van der Waals surface area contributed by atoms with E-state index in [1.54, 1.807) is 6.33 Å². The van der Waals surface area contributed by atoms with E-state index in [-0.39, 0.29) is 0 Å². The van der Waals surface area contributed by atoms with Crippen LogP contribution >= 0.6 is 0 Å². The van der Waals surface area contributed by atoms with Crippen LogP contribution in [0.4, 0.5) is 0 Å². The van der Waals surface area contributed by atoms with Crippen LogP contribution in [0, 0.1) is 6.92 Å². The summed E-state index contributed by atoms with van der Waals surface area (Å²) in [4.78, 5) is 4.30. The van der Waals surface area contributed by atoms with E-state index in [1.807, 2.05) is 29.7 Å². The summed E-state index contributed by atoms with van der Waals surface area (Å²) in [7, 11) is 0. The second kappa shape index (κ2) is 4.44. The smallest absolute Gasteiger partial charge is 0.266 e. The van der Waals surface area contributed by atoms with Gasteiger partial charge in [-0.3, -0.25) is 0 Å². The molecule has 2 aromatic heterocycles. The van der Waals surface area contributed by atoms with Gasteiger partial charge in [0.05, 0.1) is 12.0 Å². The van der Waals surface area contributed by atoms with E-state index >= 15 is 0 Å². The molecule has 0 bridgehead atoms. The lowest BCUT2D eigenvalue weighted by Gasteiger charge is -2.06. The van der Waals surface area contributed by atoms with Gasteiger partial charge in [-0.05, 0) is 12.5 Å². The highest BCUT2D eigenvalue weighted by Gasteiger charge is 2.14. The summed E-state index contributed by atoms with van der Waals surface area (Å²) in [6.07, 6.45) is 3.12. The molecular formula is C13H12N4O. The first-order valence-electron chi connectivity index (χ1n) is 5.67. The maximum absolute atomic E-state index is 5.25. The average molecular weight is 240 g/mol. The number of aromatic nitrogens is 4. The Morgan fingerprint density at radius 2 is 2.06 bits per heavy atom. The van der Waals surface area contributed by atoms with E-state index in [0.717, 1.165) is 17.9 Å². The van der Waals surface area contributed by atoms with E-state index in [0.29, 0.717) is 5.89 Å². The van der Waals surface area contributed by atoms with E-state index < -0.39 is 0 Å². The molecule has 0 radical (unpaired) electrons. The van der Waals surface area contributed by atoms with Crippen molar-refractivity contribution < 1.29 is 4.42 Å². The Balaban J connectivity index is 1.99. The molecule has 3 aromatic rings. The fourth-order valence-electron chi connectivity index (χ4n) is 1.94. The van der Waals surface area contributed by atoms with Crippen molar-refractivity contribution in [1.82, 2.24) is 19.7 Å². The van der Waals surface area contributed by atoms with Gasteiger partial charge in [0.1, 0.15) is 5.69 Å². The van der Waals surface area contributed by atoms with E-state index in [1.165, 1.54) is 12.0 Å². The van der Waals surface area contributed by atoms with Crippen molar-refractivity contribution in [3.05, 3.63) is 54.3 Å². The predicted molar refractivity (Wildman–Crippen MR) is 65.8 cm³/mol. The van der Waals surface area contributed by atoms with Gasteiger partial charge in [-0.25, -0.2) is 4.98 Å². The molecule has 1 aromatic carbocycles. The van der Waals surface area contributed by atoms with Gasteiger partial charge in [-0.15, -0.1) is 10.2 Å². The second-order valence-corrected chi connectivity index (χ2v) is 4.04. The van der Waals surface area contributed by atoms with Gasteiger partial charge in [0.25, 0.3) is 5.89 Å². The molecule has 2 heterocycles. The minimum absolute atomic E-state index is 0.501. The maximum Gasteiger partial charge on any atom is 0.266 e. The standard InChI is InChI=1S/C13H12N4O/c1-10-12(13-16-15-9-18-13)17(8-14-10)7-11-5-3-2-4-6-11/h2-6,8-9H,7H2,1H3. The molecule has 0 fully saturated rings. The van der Waals surface area contributed by atoms with Gasteiger partial charge in [-0.2, -0.15) is 0 Å².